The Hall–Kier alpha value is -4.66. The molecule has 2 amide bonds. The first-order valence-corrected chi connectivity index (χ1v) is 11.7. The van der Waals surface area contributed by atoms with Crippen molar-refractivity contribution in [3.05, 3.63) is 47.9 Å². The molecule has 12 heteroatoms. The van der Waals surface area contributed by atoms with E-state index >= 15 is 0 Å². The van der Waals surface area contributed by atoms with Crippen LogP contribution < -0.4 is 16.4 Å². The molecule has 1 aromatic carbocycles. The van der Waals surface area contributed by atoms with Crippen molar-refractivity contribution < 1.29 is 14.3 Å². The number of nitrogen functional groups attached to an aromatic ring is 1. The summed E-state index contributed by atoms with van der Waals surface area (Å²) in [6, 6.07) is 7.80. The number of anilines is 2. The number of carbonyl (C=O) groups excluding carboxylic acids is 2. The van der Waals surface area contributed by atoms with E-state index in [1.165, 1.54) is 23.3 Å². The normalized spacial score (nSPS) is 16.1. The van der Waals surface area contributed by atoms with E-state index in [9.17, 15) is 14.9 Å². The fraction of sp³-hybridized carbons (Fsp3) is 0.360. The zero-order valence-corrected chi connectivity index (χ0v) is 20.8. The van der Waals surface area contributed by atoms with Crippen LogP contribution >= 0.6 is 0 Å². The largest absolute Gasteiger partial charge is 0.444 e. The molecule has 2 aromatic heterocycles. The van der Waals surface area contributed by atoms with Crippen molar-refractivity contribution in [2.75, 3.05) is 36.8 Å². The van der Waals surface area contributed by atoms with E-state index in [4.69, 9.17) is 16.2 Å². The minimum Gasteiger partial charge on any atom is -0.444 e. The zero-order chi connectivity index (χ0) is 26.5. The van der Waals surface area contributed by atoms with Crippen LogP contribution in [0.5, 0.6) is 0 Å². The Balaban J connectivity index is 1.30. The first-order chi connectivity index (χ1) is 17.5. The van der Waals surface area contributed by atoms with Gasteiger partial charge in [0, 0.05) is 43.4 Å². The maximum Gasteiger partial charge on any atom is 0.410 e. The van der Waals surface area contributed by atoms with E-state index < -0.39 is 11.5 Å². The number of hydrogen-bond acceptors (Lipinski definition) is 9. The summed E-state index contributed by atoms with van der Waals surface area (Å²) in [5, 5.41) is 13.9. The SMILES string of the molecule is CC(C)(C)OC(=O)N1CC2(C1)CN(c1ccc(-c3cnc(N)c(-n4cc(C(N)=O)cn4)n3)cc1C#N)C2. The van der Waals surface area contributed by atoms with Crippen LogP contribution in [0.4, 0.5) is 16.3 Å². The summed E-state index contributed by atoms with van der Waals surface area (Å²) >= 11 is 0. The molecule has 5 rings (SSSR count). The number of primary amides is 1. The number of nitrogens with zero attached hydrogens (tertiary/aromatic N) is 7. The van der Waals surface area contributed by atoms with Gasteiger partial charge in [0.25, 0.3) is 5.91 Å². The lowest BCUT2D eigenvalue weighted by molar-refractivity contribution is -0.0453. The van der Waals surface area contributed by atoms with Crippen LogP contribution in [0.1, 0.15) is 36.7 Å². The molecular formula is C25H27N9O3. The number of aromatic nitrogens is 4. The Morgan fingerprint density at radius 3 is 2.51 bits per heavy atom. The van der Waals surface area contributed by atoms with Gasteiger partial charge in [-0.1, -0.05) is 6.07 Å². The molecule has 1 spiro atoms. The van der Waals surface area contributed by atoms with Gasteiger partial charge in [0.1, 0.15) is 11.7 Å². The maximum atomic E-state index is 12.3. The van der Waals surface area contributed by atoms with Crippen molar-refractivity contribution >= 4 is 23.5 Å². The van der Waals surface area contributed by atoms with Crippen LogP contribution in [0.15, 0.2) is 36.8 Å². The molecule has 2 saturated heterocycles. The molecule has 37 heavy (non-hydrogen) atoms. The molecule has 2 fully saturated rings. The van der Waals surface area contributed by atoms with Crippen molar-refractivity contribution in [1.29, 1.82) is 5.26 Å². The summed E-state index contributed by atoms with van der Waals surface area (Å²) < 4.78 is 6.79. The van der Waals surface area contributed by atoms with Gasteiger partial charge in [-0.2, -0.15) is 10.4 Å². The fourth-order valence-electron chi connectivity index (χ4n) is 4.68. The summed E-state index contributed by atoms with van der Waals surface area (Å²) in [4.78, 5) is 36.3. The lowest BCUT2D eigenvalue weighted by Crippen LogP contribution is -2.73. The van der Waals surface area contributed by atoms with E-state index in [1.54, 1.807) is 11.0 Å². The van der Waals surface area contributed by atoms with Crippen LogP contribution in [-0.4, -0.2) is 68.4 Å². The number of benzene rings is 1. The van der Waals surface area contributed by atoms with Gasteiger partial charge >= 0.3 is 6.09 Å². The van der Waals surface area contributed by atoms with Crippen LogP contribution in [-0.2, 0) is 4.74 Å². The third-order valence-electron chi connectivity index (χ3n) is 6.38. The zero-order valence-electron chi connectivity index (χ0n) is 20.8. The van der Waals surface area contributed by atoms with Gasteiger partial charge in [-0.15, -0.1) is 0 Å². The van der Waals surface area contributed by atoms with Crippen LogP contribution in [0.2, 0.25) is 0 Å². The van der Waals surface area contributed by atoms with Gasteiger partial charge in [0.05, 0.1) is 34.9 Å². The second-order valence-electron chi connectivity index (χ2n) is 10.5. The lowest BCUT2D eigenvalue weighted by Gasteiger charge is -2.60. The van der Waals surface area contributed by atoms with E-state index in [0.29, 0.717) is 29.9 Å². The quantitative estimate of drug-likeness (QED) is 0.542. The molecule has 0 unspecified atom stereocenters. The van der Waals surface area contributed by atoms with Gasteiger partial charge in [0.2, 0.25) is 0 Å². The number of carbonyl (C=O) groups is 2. The molecule has 190 valence electrons. The molecule has 3 aromatic rings. The molecule has 2 aliphatic rings. The number of rotatable bonds is 4. The number of amides is 2. The average molecular weight is 502 g/mol. The van der Waals surface area contributed by atoms with E-state index in [-0.39, 0.29) is 28.7 Å². The summed E-state index contributed by atoms with van der Waals surface area (Å²) in [6.07, 6.45) is 3.99. The monoisotopic (exact) mass is 501 g/mol. The third-order valence-corrected chi connectivity index (χ3v) is 6.38. The molecule has 0 radical (unpaired) electrons. The Bertz CT molecular complexity index is 1440. The minimum absolute atomic E-state index is 0.0349. The molecule has 0 atom stereocenters. The van der Waals surface area contributed by atoms with Gasteiger partial charge in [0.15, 0.2) is 11.6 Å². The van der Waals surface area contributed by atoms with Gasteiger partial charge < -0.3 is 26.0 Å². The van der Waals surface area contributed by atoms with Crippen molar-refractivity contribution in [1.82, 2.24) is 24.6 Å². The Morgan fingerprint density at radius 1 is 1.16 bits per heavy atom. The predicted molar refractivity (Wildman–Crippen MR) is 135 cm³/mol. The predicted octanol–water partition coefficient (Wildman–Crippen LogP) is 1.94. The topological polar surface area (TPSA) is 169 Å². The van der Waals surface area contributed by atoms with Crippen molar-refractivity contribution in [2.24, 2.45) is 11.1 Å². The van der Waals surface area contributed by atoms with E-state index in [0.717, 1.165) is 18.8 Å². The molecule has 4 N–H and O–H groups in total. The van der Waals surface area contributed by atoms with E-state index in [1.807, 2.05) is 32.9 Å². The molecule has 0 aliphatic carbocycles. The summed E-state index contributed by atoms with van der Waals surface area (Å²) in [7, 11) is 0. The summed E-state index contributed by atoms with van der Waals surface area (Å²) in [6.45, 7) is 8.37. The highest BCUT2D eigenvalue weighted by Crippen LogP contribution is 2.43. The average Bonchev–Trinajstić information content (AvgIpc) is 3.27. The number of likely N-dealkylation sites (tertiary alicyclic amines) is 1. The highest BCUT2D eigenvalue weighted by atomic mass is 16.6. The first-order valence-electron chi connectivity index (χ1n) is 11.7. The van der Waals surface area contributed by atoms with Crippen molar-refractivity contribution in [2.45, 2.75) is 26.4 Å². The smallest absolute Gasteiger partial charge is 0.410 e. The molecule has 12 nitrogen and oxygen atoms in total. The summed E-state index contributed by atoms with van der Waals surface area (Å²) in [5.41, 5.74) is 13.5. The lowest BCUT2D eigenvalue weighted by atomic mass is 9.72. The number of hydrogen-bond donors (Lipinski definition) is 2. The molecule has 2 aliphatic heterocycles. The second-order valence-corrected chi connectivity index (χ2v) is 10.5. The Morgan fingerprint density at radius 2 is 1.89 bits per heavy atom. The molecule has 0 saturated carbocycles. The van der Waals surface area contributed by atoms with Gasteiger partial charge in [-0.25, -0.2) is 19.4 Å². The second kappa shape index (κ2) is 8.48. The van der Waals surface area contributed by atoms with Crippen LogP contribution in [0.3, 0.4) is 0 Å². The van der Waals surface area contributed by atoms with Crippen LogP contribution in [0, 0.1) is 16.7 Å². The standard InChI is InChI=1S/C25H27N9O3/c1-24(2,3)37-23(36)33-13-25(14-33)11-32(12-25)19-5-4-15(6-16(19)7-26)18-9-29-20(27)22(31-18)34-10-17(8-30-34)21(28)35/h4-6,8-10H,11-14H2,1-3H3,(H2,27,29)(H2,28,35). The number of nitrogens with two attached hydrogens (primary N) is 2. The number of nitriles is 1. The van der Waals surface area contributed by atoms with Crippen molar-refractivity contribution in [3.8, 4) is 23.1 Å². The van der Waals surface area contributed by atoms with E-state index in [2.05, 4.69) is 26.0 Å². The molecule has 0 bridgehead atoms. The summed E-state index contributed by atoms with van der Waals surface area (Å²) in [5.74, 6) is -0.237. The fourth-order valence-corrected chi connectivity index (χ4v) is 4.68. The van der Waals surface area contributed by atoms with Gasteiger partial charge in [-0.3, -0.25) is 4.79 Å². The Labute approximate surface area is 213 Å². The highest BCUT2D eigenvalue weighted by Gasteiger charge is 2.54. The van der Waals surface area contributed by atoms with Crippen molar-refractivity contribution in [3.63, 3.8) is 0 Å². The Kier molecular flexibility index (Phi) is 5.51. The maximum absolute atomic E-state index is 12.3. The minimum atomic E-state index is -0.615. The highest BCUT2D eigenvalue weighted by molar-refractivity contribution is 5.92. The third kappa shape index (κ3) is 4.51. The molecule has 4 heterocycles. The number of ether oxygens (including phenoxy) is 1. The van der Waals surface area contributed by atoms with Crippen LogP contribution in [0.25, 0.3) is 17.1 Å². The first kappa shape index (κ1) is 24.1. The molecular weight excluding hydrogens is 474 g/mol. The van der Waals surface area contributed by atoms with Gasteiger partial charge in [-0.05, 0) is 32.9 Å².